The molecular formula is C27H33ClFNO. The SMILES string of the molecule is CC(C)c1ccc(Cl)c(C(C)C)c1.CC(C)c1ccc(OCc2ccncc2)cc1F. The predicted molar refractivity (Wildman–Crippen MR) is 129 cm³/mol. The maximum Gasteiger partial charge on any atom is 0.130 e. The Labute approximate surface area is 191 Å². The van der Waals surface area contributed by atoms with Gasteiger partial charge in [0.1, 0.15) is 18.2 Å². The molecule has 1 aromatic heterocycles. The molecule has 0 amide bonds. The van der Waals surface area contributed by atoms with E-state index in [4.69, 9.17) is 16.3 Å². The minimum atomic E-state index is -0.211. The first-order valence-corrected chi connectivity index (χ1v) is 11.2. The highest BCUT2D eigenvalue weighted by molar-refractivity contribution is 6.31. The highest BCUT2D eigenvalue weighted by Gasteiger charge is 2.08. The van der Waals surface area contributed by atoms with Gasteiger partial charge in [0.15, 0.2) is 0 Å². The molecule has 1 heterocycles. The molecule has 4 heteroatoms. The zero-order chi connectivity index (χ0) is 23.0. The summed E-state index contributed by atoms with van der Waals surface area (Å²) in [5, 5.41) is 0.888. The van der Waals surface area contributed by atoms with Gasteiger partial charge >= 0.3 is 0 Å². The third kappa shape index (κ3) is 7.66. The Morgan fingerprint density at radius 2 is 1.45 bits per heavy atom. The van der Waals surface area contributed by atoms with E-state index in [1.165, 1.54) is 17.2 Å². The van der Waals surface area contributed by atoms with Gasteiger partial charge in [-0.15, -0.1) is 0 Å². The lowest BCUT2D eigenvalue weighted by molar-refractivity contribution is 0.304. The van der Waals surface area contributed by atoms with E-state index in [9.17, 15) is 4.39 Å². The molecule has 0 aliphatic heterocycles. The van der Waals surface area contributed by atoms with Crippen LogP contribution in [-0.4, -0.2) is 4.98 Å². The largest absolute Gasteiger partial charge is 0.489 e. The molecule has 0 unspecified atom stereocenters. The van der Waals surface area contributed by atoms with Crippen molar-refractivity contribution in [3.63, 3.8) is 0 Å². The van der Waals surface area contributed by atoms with Crippen LogP contribution in [0.5, 0.6) is 5.75 Å². The minimum absolute atomic E-state index is 0.180. The van der Waals surface area contributed by atoms with E-state index in [2.05, 4.69) is 44.8 Å². The van der Waals surface area contributed by atoms with Crippen LogP contribution in [-0.2, 0) is 6.61 Å². The number of hydrogen-bond donors (Lipinski definition) is 0. The van der Waals surface area contributed by atoms with Gasteiger partial charge in [-0.2, -0.15) is 0 Å². The first-order valence-electron chi connectivity index (χ1n) is 10.8. The van der Waals surface area contributed by atoms with Crippen LogP contribution in [0.3, 0.4) is 0 Å². The fraction of sp³-hybridized carbons (Fsp3) is 0.370. The summed E-state index contributed by atoms with van der Waals surface area (Å²) in [5.74, 6) is 1.60. The van der Waals surface area contributed by atoms with Crippen LogP contribution >= 0.6 is 11.6 Å². The van der Waals surface area contributed by atoms with Crippen molar-refractivity contribution in [1.82, 2.24) is 4.98 Å². The molecule has 3 aromatic rings. The normalized spacial score (nSPS) is 10.9. The van der Waals surface area contributed by atoms with Crippen molar-refractivity contribution >= 4 is 11.6 Å². The first-order chi connectivity index (χ1) is 14.7. The Morgan fingerprint density at radius 1 is 0.806 bits per heavy atom. The smallest absolute Gasteiger partial charge is 0.130 e. The number of ether oxygens (including phenoxy) is 1. The highest BCUT2D eigenvalue weighted by Crippen LogP contribution is 2.28. The summed E-state index contributed by atoms with van der Waals surface area (Å²) < 4.78 is 19.3. The zero-order valence-corrected chi connectivity index (χ0v) is 20.1. The van der Waals surface area contributed by atoms with Gasteiger partial charge in [-0.05, 0) is 64.3 Å². The van der Waals surface area contributed by atoms with Crippen LogP contribution in [0.2, 0.25) is 5.02 Å². The number of hydrogen-bond acceptors (Lipinski definition) is 2. The molecule has 0 saturated heterocycles. The summed E-state index contributed by atoms with van der Waals surface area (Å²) >= 11 is 6.10. The minimum Gasteiger partial charge on any atom is -0.489 e. The summed E-state index contributed by atoms with van der Waals surface area (Å²) in [4.78, 5) is 3.93. The highest BCUT2D eigenvalue weighted by atomic mass is 35.5. The Hall–Kier alpha value is -2.39. The van der Waals surface area contributed by atoms with Gasteiger partial charge in [-0.1, -0.05) is 71.3 Å². The molecule has 0 N–H and O–H groups in total. The van der Waals surface area contributed by atoms with Crippen LogP contribution in [0, 0.1) is 5.82 Å². The van der Waals surface area contributed by atoms with Crippen LogP contribution in [0.25, 0.3) is 0 Å². The number of pyridine rings is 1. The van der Waals surface area contributed by atoms with Crippen LogP contribution < -0.4 is 4.74 Å². The average molecular weight is 442 g/mol. The molecule has 166 valence electrons. The van der Waals surface area contributed by atoms with Gasteiger partial charge in [0, 0.05) is 23.5 Å². The summed E-state index contributed by atoms with van der Waals surface area (Å²) in [7, 11) is 0. The molecule has 0 bridgehead atoms. The average Bonchev–Trinajstić information content (AvgIpc) is 2.73. The van der Waals surface area contributed by atoms with Gasteiger partial charge in [0.25, 0.3) is 0 Å². The summed E-state index contributed by atoms with van der Waals surface area (Å²) in [5.41, 5.74) is 4.35. The molecule has 0 radical (unpaired) electrons. The topological polar surface area (TPSA) is 22.1 Å². The van der Waals surface area contributed by atoms with Crippen molar-refractivity contribution < 1.29 is 9.13 Å². The first kappa shape index (κ1) is 24.9. The summed E-state index contributed by atoms with van der Waals surface area (Å²) in [6.07, 6.45) is 3.42. The maximum absolute atomic E-state index is 13.7. The molecule has 0 spiro atoms. The Morgan fingerprint density at radius 3 is 2.00 bits per heavy atom. The number of benzene rings is 2. The quantitative estimate of drug-likeness (QED) is 0.382. The van der Waals surface area contributed by atoms with E-state index in [1.807, 2.05) is 32.0 Å². The maximum atomic E-state index is 13.7. The zero-order valence-electron chi connectivity index (χ0n) is 19.3. The van der Waals surface area contributed by atoms with E-state index in [1.54, 1.807) is 24.5 Å². The van der Waals surface area contributed by atoms with Gasteiger partial charge in [0.2, 0.25) is 0 Å². The lowest BCUT2D eigenvalue weighted by atomic mass is 9.96. The van der Waals surface area contributed by atoms with Crippen LogP contribution in [0.4, 0.5) is 4.39 Å². The molecule has 0 saturated carbocycles. The van der Waals surface area contributed by atoms with Crippen molar-refractivity contribution in [3.05, 3.63) is 94.0 Å². The second-order valence-electron chi connectivity index (χ2n) is 8.57. The monoisotopic (exact) mass is 441 g/mol. The third-order valence-corrected chi connectivity index (χ3v) is 5.40. The molecule has 0 aliphatic carbocycles. The molecule has 31 heavy (non-hydrogen) atoms. The summed E-state index contributed by atoms with van der Waals surface area (Å²) in [6.45, 7) is 13.1. The number of rotatable bonds is 6. The van der Waals surface area contributed by atoms with Crippen molar-refractivity contribution in [3.8, 4) is 5.75 Å². The molecule has 2 nitrogen and oxygen atoms in total. The van der Waals surface area contributed by atoms with Crippen LogP contribution in [0.1, 0.15) is 81.5 Å². The Balaban J connectivity index is 0.000000233. The fourth-order valence-corrected chi connectivity index (χ4v) is 3.41. The number of aromatic nitrogens is 1. The van der Waals surface area contributed by atoms with E-state index < -0.39 is 0 Å². The van der Waals surface area contributed by atoms with E-state index in [-0.39, 0.29) is 11.7 Å². The molecule has 0 aliphatic rings. The molecule has 0 fully saturated rings. The lowest BCUT2D eigenvalue weighted by Gasteiger charge is -2.12. The van der Waals surface area contributed by atoms with E-state index in [0.29, 0.717) is 29.8 Å². The third-order valence-electron chi connectivity index (χ3n) is 5.06. The molecular weight excluding hydrogens is 409 g/mol. The molecule has 3 rings (SSSR count). The Bertz CT molecular complexity index is 955. The van der Waals surface area contributed by atoms with Crippen molar-refractivity contribution in [2.75, 3.05) is 0 Å². The van der Waals surface area contributed by atoms with Gasteiger partial charge in [-0.3, -0.25) is 4.98 Å². The fourth-order valence-electron chi connectivity index (χ4n) is 3.08. The standard InChI is InChI=1S/C15H16FNO.C12H17Cl/c1-11(2)14-4-3-13(9-15(14)16)18-10-12-5-7-17-8-6-12;1-8(2)10-5-6-12(13)11(7-10)9(3)4/h3-9,11H,10H2,1-2H3;5-9H,1-4H3. The Kier molecular flexibility index (Phi) is 9.51. The predicted octanol–water partition coefficient (Wildman–Crippen LogP) is 8.51. The van der Waals surface area contributed by atoms with Gasteiger partial charge < -0.3 is 4.74 Å². The molecule has 0 atom stereocenters. The van der Waals surface area contributed by atoms with Gasteiger partial charge in [-0.25, -0.2) is 4.39 Å². The summed E-state index contributed by atoms with van der Waals surface area (Å²) in [6, 6.07) is 15.1. The molecule has 2 aromatic carbocycles. The second kappa shape index (κ2) is 11.9. The van der Waals surface area contributed by atoms with E-state index in [0.717, 1.165) is 10.6 Å². The number of nitrogens with zero attached hydrogens (tertiary/aromatic N) is 1. The number of halogens is 2. The van der Waals surface area contributed by atoms with Crippen molar-refractivity contribution in [2.45, 2.75) is 65.9 Å². The van der Waals surface area contributed by atoms with Gasteiger partial charge in [0.05, 0.1) is 0 Å². The second-order valence-corrected chi connectivity index (χ2v) is 8.98. The lowest BCUT2D eigenvalue weighted by Crippen LogP contribution is -1.98. The van der Waals surface area contributed by atoms with Crippen molar-refractivity contribution in [1.29, 1.82) is 0 Å². The van der Waals surface area contributed by atoms with E-state index >= 15 is 0 Å². The van der Waals surface area contributed by atoms with Crippen molar-refractivity contribution in [2.24, 2.45) is 0 Å². The van der Waals surface area contributed by atoms with Crippen LogP contribution in [0.15, 0.2) is 60.9 Å².